The van der Waals surface area contributed by atoms with Crippen LogP contribution in [0.25, 0.3) is 9.88 Å². The summed E-state index contributed by atoms with van der Waals surface area (Å²) in [5, 5.41) is 4.70. The molecule has 1 aromatic carbocycles. The molecule has 0 saturated carbocycles. The van der Waals surface area contributed by atoms with Gasteiger partial charge in [0.15, 0.2) is 11.5 Å². The number of benzene rings is 1. The van der Waals surface area contributed by atoms with Gasteiger partial charge in [-0.05, 0) is 43.5 Å². The van der Waals surface area contributed by atoms with Crippen molar-refractivity contribution in [3.63, 3.8) is 0 Å². The Morgan fingerprint density at radius 3 is 2.66 bits per heavy atom. The Kier molecular flexibility index (Phi) is 6.84. The molecule has 9 heteroatoms. The molecule has 152 valence electrons. The van der Waals surface area contributed by atoms with Gasteiger partial charge in [0, 0.05) is 10.9 Å². The van der Waals surface area contributed by atoms with E-state index in [-0.39, 0.29) is 18.4 Å². The number of amides is 2. The molecule has 3 aromatic rings. The van der Waals surface area contributed by atoms with Crippen LogP contribution >= 0.6 is 22.7 Å². The summed E-state index contributed by atoms with van der Waals surface area (Å²) in [6.45, 7) is 3.81. The predicted octanol–water partition coefficient (Wildman–Crippen LogP) is 3.67. The van der Waals surface area contributed by atoms with Crippen molar-refractivity contribution in [2.45, 2.75) is 26.4 Å². The number of nitrogens with zero attached hydrogens (tertiary/aromatic N) is 1. The molecule has 0 fully saturated rings. The molecule has 0 aliphatic heterocycles. The van der Waals surface area contributed by atoms with E-state index in [1.807, 2.05) is 36.7 Å². The number of rotatable bonds is 7. The van der Waals surface area contributed by atoms with Gasteiger partial charge in [0.05, 0.1) is 30.2 Å². The maximum absolute atomic E-state index is 12.3. The maximum Gasteiger partial charge on any atom is 0.269 e. The molecule has 0 spiro atoms. The number of hydrogen-bond donors (Lipinski definition) is 2. The van der Waals surface area contributed by atoms with E-state index in [0.29, 0.717) is 22.8 Å². The van der Waals surface area contributed by atoms with Gasteiger partial charge in [0.1, 0.15) is 5.01 Å². The smallest absolute Gasteiger partial charge is 0.269 e. The zero-order valence-corrected chi connectivity index (χ0v) is 17.9. The number of carbonyl (C=O) groups excluding carboxylic acids is 2. The minimum atomic E-state index is -0.453. The molecule has 3 rings (SSSR count). The van der Waals surface area contributed by atoms with Gasteiger partial charge in [-0.3, -0.25) is 20.4 Å². The van der Waals surface area contributed by atoms with Gasteiger partial charge in [-0.2, -0.15) is 0 Å². The summed E-state index contributed by atoms with van der Waals surface area (Å²) >= 11 is 3.08. The highest BCUT2D eigenvalue weighted by Crippen LogP contribution is 2.29. The summed E-state index contributed by atoms with van der Waals surface area (Å²) in [5.74, 6) is 0.188. The van der Waals surface area contributed by atoms with E-state index < -0.39 is 5.91 Å². The SMILES string of the molecule is COc1cc(C(=O)NNC(=O)Cc2csc(-c3cccs3)n2)ccc1OC(C)C. The first-order chi connectivity index (χ1) is 14.0. The lowest BCUT2D eigenvalue weighted by Gasteiger charge is -2.14. The number of aromatic nitrogens is 1. The lowest BCUT2D eigenvalue weighted by molar-refractivity contribution is -0.121. The second-order valence-corrected chi connectivity index (χ2v) is 8.14. The first-order valence-electron chi connectivity index (χ1n) is 8.88. The number of carbonyl (C=O) groups is 2. The largest absolute Gasteiger partial charge is 0.493 e. The summed E-state index contributed by atoms with van der Waals surface area (Å²) in [6.07, 6.45) is 0.0565. The van der Waals surface area contributed by atoms with Crippen LogP contribution in [0.15, 0.2) is 41.1 Å². The van der Waals surface area contributed by atoms with Gasteiger partial charge in [-0.25, -0.2) is 4.98 Å². The van der Waals surface area contributed by atoms with Crippen LogP contribution in [0.1, 0.15) is 29.9 Å². The van der Waals surface area contributed by atoms with Crippen molar-refractivity contribution >= 4 is 34.5 Å². The number of hydrogen-bond acceptors (Lipinski definition) is 7. The highest BCUT2D eigenvalue weighted by atomic mass is 32.1. The van der Waals surface area contributed by atoms with Crippen LogP contribution in [-0.2, 0) is 11.2 Å². The lowest BCUT2D eigenvalue weighted by Crippen LogP contribution is -2.42. The number of methoxy groups -OCH3 is 1. The molecule has 2 aromatic heterocycles. The van der Waals surface area contributed by atoms with Gasteiger partial charge in [0.25, 0.3) is 5.91 Å². The van der Waals surface area contributed by atoms with Gasteiger partial charge in [-0.15, -0.1) is 22.7 Å². The molecule has 0 saturated heterocycles. The molecule has 2 amide bonds. The van der Waals surface area contributed by atoms with Crippen molar-refractivity contribution in [1.82, 2.24) is 15.8 Å². The van der Waals surface area contributed by atoms with Crippen LogP contribution in [0.2, 0.25) is 0 Å². The Balaban J connectivity index is 1.55. The van der Waals surface area contributed by atoms with Crippen molar-refractivity contribution < 1.29 is 19.1 Å². The van der Waals surface area contributed by atoms with Crippen molar-refractivity contribution in [2.75, 3.05) is 7.11 Å². The van der Waals surface area contributed by atoms with Crippen LogP contribution in [0.5, 0.6) is 11.5 Å². The number of thiophene rings is 1. The molecule has 2 heterocycles. The second kappa shape index (κ2) is 9.53. The number of hydrazine groups is 1. The van der Waals surface area contributed by atoms with Gasteiger partial charge in [0.2, 0.25) is 5.91 Å². The van der Waals surface area contributed by atoms with Crippen LogP contribution in [0, 0.1) is 0 Å². The second-order valence-electron chi connectivity index (χ2n) is 6.33. The third kappa shape index (κ3) is 5.55. The highest BCUT2D eigenvalue weighted by Gasteiger charge is 2.14. The first kappa shape index (κ1) is 20.8. The Bertz CT molecular complexity index is 984. The zero-order chi connectivity index (χ0) is 20.8. The molecular formula is C20H21N3O4S2. The van der Waals surface area contributed by atoms with Crippen molar-refractivity contribution in [2.24, 2.45) is 0 Å². The minimum Gasteiger partial charge on any atom is -0.493 e. The molecule has 0 bridgehead atoms. The predicted molar refractivity (Wildman–Crippen MR) is 113 cm³/mol. The fourth-order valence-electron chi connectivity index (χ4n) is 2.47. The molecule has 0 aliphatic carbocycles. The molecule has 7 nitrogen and oxygen atoms in total. The number of nitrogens with one attached hydrogen (secondary N) is 2. The fourth-order valence-corrected chi connectivity index (χ4v) is 4.10. The summed E-state index contributed by atoms with van der Waals surface area (Å²) in [7, 11) is 1.50. The number of ether oxygens (including phenoxy) is 2. The lowest BCUT2D eigenvalue weighted by atomic mass is 10.2. The van der Waals surface area contributed by atoms with E-state index in [0.717, 1.165) is 9.88 Å². The summed E-state index contributed by atoms with van der Waals surface area (Å²) in [6, 6.07) is 8.78. The van der Waals surface area contributed by atoms with E-state index in [1.54, 1.807) is 29.5 Å². The van der Waals surface area contributed by atoms with Crippen LogP contribution in [-0.4, -0.2) is 30.0 Å². The van der Waals surface area contributed by atoms with Crippen LogP contribution in [0.3, 0.4) is 0 Å². The standard InChI is InChI=1S/C20H21N3O4S2/c1-12(2)27-15-7-6-13(9-16(15)26-3)19(25)23-22-18(24)10-14-11-29-20(21-14)17-5-4-8-28-17/h4-9,11-12H,10H2,1-3H3,(H,22,24)(H,23,25). The monoisotopic (exact) mass is 431 g/mol. The third-order valence-corrected chi connectivity index (χ3v) is 5.66. The molecule has 29 heavy (non-hydrogen) atoms. The van der Waals surface area contributed by atoms with E-state index in [1.165, 1.54) is 18.4 Å². The number of thiazole rings is 1. The summed E-state index contributed by atoms with van der Waals surface area (Å²) in [5.41, 5.74) is 5.82. The fraction of sp³-hybridized carbons (Fsp3) is 0.250. The van der Waals surface area contributed by atoms with Crippen molar-refractivity contribution in [3.8, 4) is 21.4 Å². The van der Waals surface area contributed by atoms with E-state index in [2.05, 4.69) is 15.8 Å². The molecule has 0 atom stereocenters. The molecule has 0 radical (unpaired) electrons. The maximum atomic E-state index is 12.3. The normalized spacial score (nSPS) is 10.6. The Morgan fingerprint density at radius 1 is 1.14 bits per heavy atom. The molecule has 0 unspecified atom stereocenters. The molecule has 0 aliphatic rings. The Labute approximate surface area is 176 Å². The average Bonchev–Trinajstić information content (AvgIpc) is 3.37. The van der Waals surface area contributed by atoms with Crippen molar-refractivity contribution in [1.29, 1.82) is 0 Å². The van der Waals surface area contributed by atoms with E-state index >= 15 is 0 Å². The topological polar surface area (TPSA) is 89.6 Å². The quantitative estimate of drug-likeness (QED) is 0.557. The average molecular weight is 432 g/mol. The Morgan fingerprint density at radius 2 is 1.97 bits per heavy atom. The molecule has 2 N–H and O–H groups in total. The van der Waals surface area contributed by atoms with Crippen LogP contribution < -0.4 is 20.3 Å². The Hall–Kier alpha value is -2.91. The first-order valence-corrected chi connectivity index (χ1v) is 10.6. The molecular weight excluding hydrogens is 410 g/mol. The zero-order valence-electron chi connectivity index (χ0n) is 16.2. The van der Waals surface area contributed by atoms with Gasteiger partial charge < -0.3 is 9.47 Å². The van der Waals surface area contributed by atoms with E-state index in [4.69, 9.17) is 9.47 Å². The van der Waals surface area contributed by atoms with Gasteiger partial charge >= 0.3 is 0 Å². The minimum absolute atomic E-state index is 0.0195. The highest BCUT2D eigenvalue weighted by molar-refractivity contribution is 7.20. The summed E-state index contributed by atoms with van der Waals surface area (Å²) in [4.78, 5) is 30.0. The third-order valence-electron chi connectivity index (χ3n) is 3.73. The van der Waals surface area contributed by atoms with Gasteiger partial charge in [-0.1, -0.05) is 6.07 Å². The van der Waals surface area contributed by atoms with E-state index in [9.17, 15) is 9.59 Å². The summed E-state index contributed by atoms with van der Waals surface area (Å²) < 4.78 is 10.9. The van der Waals surface area contributed by atoms with Crippen molar-refractivity contribution in [3.05, 3.63) is 52.3 Å². The van der Waals surface area contributed by atoms with Crippen LogP contribution in [0.4, 0.5) is 0 Å².